The molecule has 0 aliphatic rings. The maximum Gasteiger partial charge on any atom is 0.0384 e. The Bertz CT molecular complexity index is 998. The second-order valence-corrected chi connectivity index (χ2v) is 17.9. The Morgan fingerprint density at radius 3 is 0.736 bits per heavy atom. The van der Waals surface area contributed by atoms with Gasteiger partial charge in [-0.1, -0.05) is 246 Å². The summed E-state index contributed by atoms with van der Waals surface area (Å²) in [5.41, 5.74) is 6.07. The van der Waals surface area contributed by atoms with Crippen LogP contribution in [0.5, 0.6) is 0 Å². The molecule has 2 aromatic rings. The smallest absolute Gasteiger partial charge is 0.0384 e. The van der Waals surface area contributed by atoms with Crippen LogP contribution in [-0.4, -0.2) is 0 Å². The van der Waals surface area contributed by atoms with Crippen molar-refractivity contribution in [2.45, 2.75) is 258 Å². The molecule has 0 spiro atoms. The second-order valence-electron chi connectivity index (χ2n) is 17.9. The van der Waals surface area contributed by atoms with Crippen LogP contribution >= 0.6 is 0 Å². The zero-order chi connectivity index (χ0) is 38.3. The predicted molar refractivity (Wildman–Crippen MR) is 241 cm³/mol. The quantitative estimate of drug-likeness (QED) is 0.0689. The Hall–Kier alpha value is -1.76. The average molecular weight is 730 g/mol. The molecule has 2 aromatic carbocycles. The largest absolute Gasteiger partial charge is 0.356 e. The molecule has 0 heterocycles. The summed E-state index contributed by atoms with van der Waals surface area (Å²) in [7, 11) is 0. The van der Waals surface area contributed by atoms with Gasteiger partial charge in [-0.25, -0.2) is 0 Å². The van der Waals surface area contributed by atoms with E-state index in [2.05, 4.69) is 95.4 Å². The highest BCUT2D eigenvalue weighted by molar-refractivity contribution is 5.60. The van der Waals surface area contributed by atoms with Crippen molar-refractivity contribution in [2.24, 2.45) is 0 Å². The van der Waals surface area contributed by atoms with Crippen molar-refractivity contribution < 1.29 is 0 Å². The molecule has 2 unspecified atom stereocenters. The summed E-state index contributed by atoms with van der Waals surface area (Å²) in [5, 5.41) is 3.77. The molecule has 0 aromatic heterocycles. The first-order valence-electron chi connectivity index (χ1n) is 23.9. The zero-order valence-electron chi connectivity index (χ0n) is 36.7. The van der Waals surface area contributed by atoms with Crippen molar-refractivity contribution in [1.29, 1.82) is 0 Å². The lowest BCUT2D eigenvalue weighted by molar-refractivity contribution is 0.362. The van der Waals surface area contributed by atoms with Gasteiger partial charge in [0.25, 0.3) is 0 Å². The third-order valence-corrected chi connectivity index (χ3v) is 12.8. The minimum atomic E-state index is 0.280. The summed E-state index contributed by atoms with van der Waals surface area (Å²) in [6.45, 7) is 14.4. The molecular weight excluding hydrogens is 639 g/mol. The number of unbranched alkanes of at least 4 members (excludes halogenated alkanes) is 24. The van der Waals surface area contributed by atoms with Crippen molar-refractivity contribution in [3.05, 3.63) is 59.7 Å². The van der Waals surface area contributed by atoms with Crippen LogP contribution < -0.4 is 5.32 Å². The molecule has 0 bridgehead atoms. The van der Waals surface area contributed by atoms with Crippen LogP contribution in [-0.2, 0) is 10.8 Å². The molecule has 0 saturated heterocycles. The van der Waals surface area contributed by atoms with E-state index in [1.165, 1.54) is 217 Å². The molecule has 0 aliphatic heterocycles. The van der Waals surface area contributed by atoms with Crippen molar-refractivity contribution in [2.75, 3.05) is 5.32 Å². The SMILES string of the molecule is CCCCCCCCCCC(C)(CCCCCCCC)c1ccc(Nc2ccc(C(C)(CCCCCCCC)CCCCCCCCCC)cc2)cc1. The minimum Gasteiger partial charge on any atom is -0.356 e. The molecule has 53 heavy (non-hydrogen) atoms. The van der Waals surface area contributed by atoms with Crippen LogP contribution in [0.1, 0.15) is 258 Å². The number of rotatable bonds is 36. The summed E-state index contributed by atoms with van der Waals surface area (Å²) >= 11 is 0. The topological polar surface area (TPSA) is 12.0 Å². The van der Waals surface area contributed by atoms with E-state index in [9.17, 15) is 0 Å². The summed E-state index contributed by atoms with van der Waals surface area (Å²) in [6, 6.07) is 19.2. The summed E-state index contributed by atoms with van der Waals surface area (Å²) in [5.74, 6) is 0. The van der Waals surface area contributed by atoms with E-state index in [4.69, 9.17) is 0 Å². The maximum atomic E-state index is 3.77. The first-order valence-corrected chi connectivity index (χ1v) is 23.9. The van der Waals surface area contributed by atoms with Crippen LogP contribution in [0.3, 0.4) is 0 Å². The third kappa shape index (κ3) is 21.2. The van der Waals surface area contributed by atoms with Gasteiger partial charge in [-0.3, -0.25) is 0 Å². The lowest BCUT2D eigenvalue weighted by Gasteiger charge is -2.31. The first kappa shape index (κ1) is 47.4. The maximum absolute atomic E-state index is 3.77. The van der Waals surface area contributed by atoms with Gasteiger partial charge in [-0.2, -0.15) is 0 Å². The first-order chi connectivity index (χ1) is 25.9. The Kier molecular flexibility index (Phi) is 27.2. The van der Waals surface area contributed by atoms with Gasteiger partial charge >= 0.3 is 0 Å². The zero-order valence-corrected chi connectivity index (χ0v) is 36.7. The van der Waals surface area contributed by atoms with E-state index in [0.29, 0.717) is 0 Å². The van der Waals surface area contributed by atoms with Gasteiger partial charge in [0.2, 0.25) is 0 Å². The molecule has 0 fully saturated rings. The van der Waals surface area contributed by atoms with Crippen LogP contribution in [0.2, 0.25) is 0 Å². The number of anilines is 2. The molecule has 0 radical (unpaired) electrons. The van der Waals surface area contributed by atoms with Crippen molar-refractivity contribution >= 4 is 11.4 Å². The Balaban J connectivity index is 2.02. The average Bonchev–Trinajstić information content (AvgIpc) is 3.17. The van der Waals surface area contributed by atoms with E-state index in [-0.39, 0.29) is 10.8 Å². The molecule has 0 amide bonds. The van der Waals surface area contributed by atoms with E-state index < -0.39 is 0 Å². The van der Waals surface area contributed by atoms with Gasteiger partial charge in [0.1, 0.15) is 0 Å². The highest BCUT2D eigenvalue weighted by Gasteiger charge is 2.27. The third-order valence-electron chi connectivity index (χ3n) is 12.8. The molecule has 2 atom stereocenters. The lowest BCUT2D eigenvalue weighted by atomic mass is 9.74. The number of hydrogen-bond donors (Lipinski definition) is 1. The van der Waals surface area contributed by atoms with Gasteiger partial charge in [0.05, 0.1) is 0 Å². The second kappa shape index (κ2) is 30.5. The van der Waals surface area contributed by atoms with E-state index in [1.54, 1.807) is 11.1 Å². The van der Waals surface area contributed by atoms with Crippen LogP contribution in [0.25, 0.3) is 0 Å². The number of benzene rings is 2. The van der Waals surface area contributed by atoms with E-state index >= 15 is 0 Å². The molecule has 0 aliphatic carbocycles. The van der Waals surface area contributed by atoms with Gasteiger partial charge < -0.3 is 5.32 Å². The Labute approximate surface area is 333 Å². The molecule has 1 nitrogen and oxygen atoms in total. The van der Waals surface area contributed by atoms with Crippen molar-refractivity contribution in [1.82, 2.24) is 0 Å². The van der Waals surface area contributed by atoms with Crippen LogP contribution in [0, 0.1) is 0 Å². The Morgan fingerprint density at radius 1 is 0.302 bits per heavy atom. The Morgan fingerprint density at radius 2 is 0.509 bits per heavy atom. The standard InChI is InChI=1S/C52H91N/c1-7-11-15-19-23-25-29-33-45-51(5,43-31-27-21-17-13-9-3)47-35-39-49(40-36-47)53-50-41-37-48(38-42-50)52(6,44-32-28-22-18-14-10-4)46-34-30-26-24-20-16-12-8-2/h35-42,53H,7-34,43-46H2,1-6H3. The highest BCUT2D eigenvalue weighted by atomic mass is 14.9. The van der Waals surface area contributed by atoms with Crippen molar-refractivity contribution in [3.8, 4) is 0 Å². The van der Waals surface area contributed by atoms with Crippen LogP contribution in [0.4, 0.5) is 11.4 Å². The lowest BCUT2D eigenvalue weighted by Crippen LogP contribution is -2.22. The molecule has 0 saturated carbocycles. The fourth-order valence-corrected chi connectivity index (χ4v) is 8.79. The summed E-state index contributed by atoms with van der Waals surface area (Å²) in [6.07, 6.45) is 44.3. The summed E-state index contributed by atoms with van der Waals surface area (Å²) < 4.78 is 0. The normalized spacial score (nSPS) is 13.9. The van der Waals surface area contributed by atoms with Gasteiger partial charge in [0.15, 0.2) is 0 Å². The molecule has 304 valence electrons. The molecule has 1 heteroatoms. The molecule has 2 rings (SSSR count). The predicted octanol–water partition coefficient (Wildman–Crippen LogP) is 18.5. The number of nitrogens with one attached hydrogen (secondary N) is 1. The fraction of sp³-hybridized carbons (Fsp3) is 0.769. The summed E-state index contributed by atoms with van der Waals surface area (Å²) in [4.78, 5) is 0. The van der Waals surface area contributed by atoms with Gasteiger partial charge in [0, 0.05) is 11.4 Å². The monoisotopic (exact) mass is 730 g/mol. The van der Waals surface area contributed by atoms with Crippen LogP contribution in [0.15, 0.2) is 48.5 Å². The van der Waals surface area contributed by atoms with E-state index in [1.807, 2.05) is 0 Å². The van der Waals surface area contributed by atoms with Crippen molar-refractivity contribution in [3.63, 3.8) is 0 Å². The number of hydrogen-bond acceptors (Lipinski definition) is 1. The van der Waals surface area contributed by atoms with Gasteiger partial charge in [-0.15, -0.1) is 0 Å². The minimum absolute atomic E-state index is 0.280. The van der Waals surface area contributed by atoms with E-state index in [0.717, 1.165) is 0 Å². The fourth-order valence-electron chi connectivity index (χ4n) is 8.79. The highest BCUT2D eigenvalue weighted by Crippen LogP contribution is 2.38. The molecule has 1 N–H and O–H groups in total. The molecular formula is C52H91N. The van der Waals surface area contributed by atoms with Gasteiger partial charge in [-0.05, 0) is 71.9 Å².